The lowest BCUT2D eigenvalue weighted by Gasteiger charge is -2.29. The van der Waals surface area contributed by atoms with Gasteiger partial charge >= 0.3 is 0 Å². The molecule has 1 aromatic carbocycles. The molecule has 2 rings (SSSR count). The van der Waals surface area contributed by atoms with Gasteiger partial charge in [0.05, 0.1) is 0 Å². The van der Waals surface area contributed by atoms with E-state index < -0.39 is 0 Å². The van der Waals surface area contributed by atoms with Crippen LogP contribution in [-0.4, -0.2) is 31.3 Å². The van der Waals surface area contributed by atoms with E-state index in [9.17, 15) is 4.79 Å². The van der Waals surface area contributed by atoms with Crippen molar-refractivity contribution in [2.75, 3.05) is 20.1 Å². The van der Waals surface area contributed by atoms with Crippen LogP contribution in [0.3, 0.4) is 0 Å². The van der Waals surface area contributed by atoms with Crippen LogP contribution in [-0.2, 0) is 0 Å². The van der Waals surface area contributed by atoms with E-state index in [2.05, 4.69) is 18.0 Å². The highest BCUT2D eigenvalue weighted by molar-refractivity contribution is 5.77. The molecule has 0 aliphatic carbocycles. The molecule has 0 radical (unpaired) electrons. The van der Waals surface area contributed by atoms with Crippen LogP contribution in [0.15, 0.2) is 24.3 Å². The molecule has 1 heterocycles. The van der Waals surface area contributed by atoms with Crippen molar-refractivity contribution in [2.45, 2.75) is 18.8 Å². The molecule has 1 aromatic rings. The Bertz CT molecular complexity index is 340. The standard InChI is InChI=1S/C13H17NO/c1-14-8-6-11(7-9-14)13-5-3-2-4-12(13)10-15/h2-5,10-11H,6-9H2,1H3. The fraction of sp³-hybridized carbons (Fsp3) is 0.462. The molecule has 0 atom stereocenters. The minimum absolute atomic E-state index is 0.572. The summed E-state index contributed by atoms with van der Waals surface area (Å²) in [5.41, 5.74) is 2.10. The van der Waals surface area contributed by atoms with Gasteiger partial charge in [0.15, 0.2) is 0 Å². The normalized spacial score (nSPS) is 19.0. The van der Waals surface area contributed by atoms with E-state index in [1.165, 1.54) is 18.4 Å². The molecule has 2 nitrogen and oxygen atoms in total. The molecular weight excluding hydrogens is 186 g/mol. The molecule has 0 spiro atoms. The van der Waals surface area contributed by atoms with Crippen LogP contribution in [0.25, 0.3) is 0 Å². The first-order chi connectivity index (χ1) is 7.31. The van der Waals surface area contributed by atoms with Gasteiger partial charge in [-0.2, -0.15) is 0 Å². The molecule has 80 valence electrons. The first-order valence-corrected chi connectivity index (χ1v) is 5.54. The van der Waals surface area contributed by atoms with Gasteiger partial charge in [-0.05, 0) is 44.5 Å². The van der Waals surface area contributed by atoms with Crippen LogP contribution in [0.4, 0.5) is 0 Å². The summed E-state index contributed by atoms with van der Waals surface area (Å²) in [6, 6.07) is 7.98. The van der Waals surface area contributed by atoms with Crippen molar-refractivity contribution < 1.29 is 4.79 Å². The average molecular weight is 203 g/mol. The summed E-state index contributed by atoms with van der Waals surface area (Å²) < 4.78 is 0. The SMILES string of the molecule is CN1CCC(c2ccccc2C=O)CC1. The van der Waals surface area contributed by atoms with Crippen LogP contribution in [0, 0.1) is 0 Å². The second kappa shape index (κ2) is 4.58. The Labute approximate surface area is 90.9 Å². The maximum absolute atomic E-state index is 10.9. The van der Waals surface area contributed by atoms with E-state index in [0.29, 0.717) is 5.92 Å². The molecule has 0 amide bonds. The van der Waals surface area contributed by atoms with Gasteiger partial charge in [0.25, 0.3) is 0 Å². The Balaban J connectivity index is 2.18. The molecular formula is C13H17NO. The molecule has 0 bridgehead atoms. The number of aldehydes is 1. The van der Waals surface area contributed by atoms with E-state index in [0.717, 1.165) is 24.9 Å². The minimum atomic E-state index is 0.572. The number of carbonyl (C=O) groups excluding carboxylic acids is 1. The van der Waals surface area contributed by atoms with Gasteiger partial charge in [0.2, 0.25) is 0 Å². The van der Waals surface area contributed by atoms with Gasteiger partial charge in [-0.25, -0.2) is 0 Å². The molecule has 0 saturated carbocycles. The largest absolute Gasteiger partial charge is 0.306 e. The zero-order valence-electron chi connectivity index (χ0n) is 9.15. The van der Waals surface area contributed by atoms with E-state index >= 15 is 0 Å². The van der Waals surface area contributed by atoms with Crippen molar-refractivity contribution in [3.05, 3.63) is 35.4 Å². The van der Waals surface area contributed by atoms with E-state index in [4.69, 9.17) is 0 Å². The fourth-order valence-electron chi connectivity index (χ4n) is 2.31. The summed E-state index contributed by atoms with van der Waals surface area (Å²) in [7, 11) is 2.15. The molecule has 1 saturated heterocycles. The zero-order chi connectivity index (χ0) is 10.7. The number of hydrogen-bond donors (Lipinski definition) is 0. The topological polar surface area (TPSA) is 20.3 Å². The van der Waals surface area contributed by atoms with Crippen molar-refractivity contribution in [2.24, 2.45) is 0 Å². The first-order valence-electron chi connectivity index (χ1n) is 5.54. The van der Waals surface area contributed by atoms with E-state index in [-0.39, 0.29) is 0 Å². The molecule has 0 N–H and O–H groups in total. The minimum Gasteiger partial charge on any atom is -0.306 e. The highest BCUT2D eigenvalue weighted by Crippen LogP contribution is 2.29. The number of likely N-dealkylation sites (tertiary alicyclic amines) is 1. The van der Waals surface area contributed by atoms with Crippen LogP contribution in [0.5, 0.6) is 0 Å². The van der Waals surface area contributed by atoms with Crippen molar-refractivity contribution in [3.63, 3.8) is 0 Å². The summed E-state index contributed by atoms with van der Waals surface area (Å²) in [5, 5.41) is 0. The average Bonchev–Trinajstić information content (AvgIpc) is 2.30. The van der Waals surface area contributed by atoms with Crippen molar-refractivity contribution in [3.8, 4) is 0 Å². The highest BCUT2D eigenvalue weighted by Gasteiger charge is 2.19. The summed E-state index contributed by atoms with van der Waals surface area (Å²) >= 11 is 0. The fourth-order valence-corrected chi connectivity index (χ4v) is 2.31. The molecule has 2 heteroatoms. The van der Waals surface area contributed by atoms with Gasteiger partial charge in [-0.15, -0.1) is 0 Å². The number of nitrogens with zero attached hydrogens (tertiary/aromatic N) is 1. The summed E-state index contributed by atoms with van der Waals surface area (Å²) in [6.07, 6.45) is 3.32. The van der Waals surface area contributed by atoms with Crippen LogP contribution >= 0.6 is 0 Å². The maximum Gasteiger partial charge on any atom is 0.150 e. The summed E-state index contributed by atoms with van der Waals surface area (Å²) in [6.45, 7) is 2.27. The number of benzene rings is 1. The van der Waals surface area contributed by atoms with Gasteiger partial charge in [-0.3, -0.25) is 4.79 Å². The van der Waals surface area contributed by atoms with E-state index in [1.54, 1.807) is 0 Å². The first kappa shape index (κ1) is 10.4. The zero-order valence-corrected chi connectivity index (χ0v) is 9.15. The second-order valence-electron chi connectivity index (χ2n) is 4.32. The van der Waals surface area contributed by atoms with Crippen LogP contribution in [0.1, 0.15) is 34.7 Å². The Hall–Kier alpha value is -1.15. The predicted molar refractivity (Wildman–Crippen MR) is 61.3 cm³/mol. The second-order valence-corrected chi connectivity index (χ2v) is 4.32. The Morgan fingerprint density at radius 1 is 1.27 bits per heavy atom. The number of rotatable bonds is 2. The predicted octanol–water partition coefficient (Wildman–Crippen LogP) is 2.31. The number of carbonyl (C=O) groups is 1. The van der Waals surface area contributed by atoms with Gasteiger partial charge in [0, 0.05) is 5.56 Å². The van der Waals surface area contributed by atoms with Crippen LogP contribution < -0.4 is 0 Å². The summed E-state index contributed by atoms with van der Waals surface area (Å²) in [4.78, 5) is 13.3. The Kier molecular flexibility index (Phi) is 3.17. The lowest BCUT2D eigenvalue weighted by atomic mass is 9.87. The lowest BCUT2D eigenvalue weighted by molar-refractivity contribution is 0.112. The van der Waals surface area contributed by atoms with Crippen LogP contribution in [0.2, 0.25) is 0 Å². The van der Waals surface area contributed by atoms with E-state index in [1.807, 2.05) is 18.2 Å². The Morgan fingerprint density at radius 3 is 2.60 bits per heavy atom. The van der Waals surface area contributed by atoms with Crippen molar-refractivity contribution >= 4 is 6.29 Å². The maximum atomic E-state index is 10.9. The highest BCUT2D eigenvalue weighted by atomic mass is 16.1. The number of piperidine rings is 1. The van der Waals surface area contributed by atoms with Crippen molar-refractivity contribution in [1.82, 2.24) is 4.90 Å². The van der Waals surface area contributed by atoms with Gasteiger partial charge < -0.3 is 4.90 Å². The molecule has 15 heavy (non-hydrogen) atoms. The monoisotopic (exact) mass is 203 g/mol. The third-order valence-electron chi connectivity index (χ3n) is 3.28. The third kappa shape index (κ3) is 2.26. The summed E-state index contributed by atoms with van der Waals surface area (Å²) in [5.74, 6) is 0.572. The molecule has 1 fully saturated rings. The third-order valence-corrected chi connectivity index (χ3v) is 3.28. The quantitative estimate of drug-likeness (QED) is 0.687. The molecule has 0 aromatic heterocycles. The smallest absolute Gasteiger partial charge is 0.150 e. The molecule has 1 aliphatic rings. The van der Waals surface area contributed by atoms with Gasteiger partial charge in [-0.1, -0.05) is 24.3 Å². The Morgan fingerprint density at radius 2 is 1.93 bits per heavy atom. The lowest BCUT2D eigenvalue weighted by Crippen LogP contribution is -2.29. The molecule has 0 unspecified atom stereocenters. The van der Waals surface area contributed by atoms with Crippen molar-refractivity contribution in [1.29, 1.82) is 0 Å². The van der Waals surface area contributed by atoms with Gasteiger partial charge in [0.1, 0.15) is 6.29 Å². The molecule has 1 aliphatic heterocycles. The number of hydrogen-bond acceptors (Lipinski definition) is 2.